The second kappa shape index (κ2) is 3.11. The highest BCUT2D eigenvalue weighted by Gasteiger charge is 2.10. The van der Waals surface area contributed by atoms with Crippen LogP contribution in [0.5, 0.6) is 11.5 Å². The Hall–Kier alpha value is -1.48. The fourth-order valence-corrected chi connectivity index (χ4v) is 1.28. The number of hydrogen-bond donors (Lipinski definition) is 1. The lowest BCUT2D eigenvalue weighted by molar-refractivity contribution is 0.253. The molecule has 3 nitrogen and oxygen atoms in total. The van der Waals surface area contributed by atoms with Crippen molar-refractivity contribution < 1.29 is 9.47 Å². The maximum absolute atomic E-state index is 5.58. The Morgan fingerprint density at radius 3 is 3.08 bits per heavy atom. The van der Waals surface area contributed by atoms with Crippen LogP contribution in [0.4, 0.5) is 0 Å². The Morgan fingerprint density at radius 1 is 1.46 bits per heavy atom. The maximum atomic E-state index is 5.58. The van der Waals surface area contributed by atoms with E-state index in [1.54, 1.807) is 7.11 Å². The first kappa shape index (κ1) is 8.13. The zero-order valence-corrected chi connectivity index (χ0v) is 7.36. The number of methoxy groups -OCH3 is 1. The normalized spacial score (nSPS) is 19.1. The van der Waals surface area contributed by atoms with Crippen LogP contribution in [-0.2, 0) is 0 Å². The Balaban J connectivity index is 2.40. The maximum Gasteiger partial charge on any atom is 0.167 e. The van der Waals surface area contributed by atoms with Crippen LogP contribution in [0.25, 0.3) is 6.08 Å². The minimum Gasteiger partial charge on any atom is -0.497 e. The van der Waals surface area contributed by atoms with Gasteiger partial charge in [0.15, 0.2) is 6.23 Å². The van der Waals surface area contributed by atoms with Gasteiger partial charge in [-0.25, -0.2) is 0 Å². The zero-order valence-electron chi connectivity index (χ0n) is 7.36. The molecule has 1 heterocycles. The Labute approximate surface area is 76.8 Å². The molecule has 68 valence electrons. The van der Waals surface area contributed by atoms with Crippen LogP contribution in [-0.4, -0.2) is 13.3 Å². The van der Waals surface area contributed by atoms with Crippen molar-refractivity contribution in [2.45, 2.75) is 6.23 Å². The van der Waals surface area contributed by atoms with Crippen molar-refractivity contribution >= 4 is 6.08 Å². The molecular weight excluding hydrogens is 166 g/mol. The van der Waals surface area contributed by atoms with Crippen molar-refractivity contribution in [3.05, 3.63) is 29.8 Å². The molecule has 0 saturated carbocycles. The summed E-state index contributed by atoms with van der Waals surface area (Å²) in [7, 11) is 1.64. The summed E-state index contributed by atoms with van der Waals surface area (Å²) in [5.41, 5.74) is 6.58. The van der Waals surface area contributed by atoms with Gasteiger partial charge in [-0.1, -0.05) is 6.08 Å². The predicted octanol–water partition coefficient (Wildman–Crippen LogP) is 1.39. The zero-order chi connectivity index (χ0) is 9.26. The summed E-state index contributed by atoms with van der Waals surface area (Å²) in [5.74, 6) is 1.62. The molecule has 0 radical (unpaired) electrons. The molecule has 0 amide bonds. The number of fused-ring (bicyclic) bond motifs is 1. The summed E-state index contributed by atoms with van der Waals surface area (Å²) < 4.78 is 10.5. The van der Waals surface area contributed by atoms with Gasteiger partial charge in [0.1, 0.15) is 11.5 Å². The van der Waals surface area contributed by atoms with Crippen molar-refractivity contribution in [2.24, 2.45) is 5.73 Å². The highest BCUT2D eigenvalue weighted by Crippen LogP contribution is 2.28. The van der Waals surface area contributed by atoms with Crippen LogP contribution in [0, 0.1) is 0 Å². The summed E-state index contributed by atoms with van der Waals surface area (Å²) in [4.78, 5) is 0. The second-order valence-corrected chi connectivity index (χ2v) is 2.85. The van der Waals surface area contributed by atoms with Crippen LogP contribution in [0.1, 0.15) is 5.56 Å². The second-order valence-electron chi connectivity index (χ2n) is 2.85. The third kappa shape index (κ3) is 1.51. The smallest absolute Gasteiger partial charge is 0.167 e. The van der Waals surface area contributed by atoms with Gasteiger partial charge in [-0.2, -0.15) is 0 Å². The van der Waals surface area contributed by atoms with Gasteiger partial charge in [0.25, 0.3) is 0 Å². The number of hydrogen-bond acceptors (Lipinski definition) is 3. The molecule has 0 saturated heterocycles. The lowest BCUT2D eigenvalue weighted by Gasteiger charge is -2.18. The summed E-state index contributed by atoms with van der Waals surface area (Å²) in [6.45, 7) is 0. The highest BCUT2D eigenvalue weighted by molar-refractivity contribution is 5.61. The standard InChI is InChI=1S/C10H11NO2/c1-12-8-3-4-9-7(6-8)2-5-10(11)13-9/h2-6,10H,11H2,1H3. The van der Waals surface area contributed by atoms with Crippen LogP contribution in [0.15, 0.2) is 24.3 Å². The van der Waals surface area contributed by atoms with E-state index in [1.165, 1.54) is 0 Å². The van der Waals surface area contributed by atoms with Crippen molar-refractivity contribution in [3.8, 4) is 11.5 Å². The quantitative estimate of drug-likeness (QED) is 0.704. The molecule has 1 aromatic carbocycles. The number of ether oxygens (including phenoxy) is 2. The van der Waals surface area contributed by atoms with E-state index in [2.05, 4.69) is 0 Å². The number of benzene rings is 1. The largest absolute Gasteiger partial charge is 0.497 e. The Morgan fingerprint density at radius 2 is 2.31 bits per heavy atom. The Kier molecular flexibility index (Phi) is 1.94. The van der Waals surface area contributed by atoms with Gasteiger partial charge in [0.05, 0.1) is 7.11 Å². The van der Waals surface area contributed by atoms with Crippen molar-refractivity contribution in [1.82, 2.24) is 0 Å². The van der Waals surface area contributed by atoms with E-state index in [4.69, 9.17) is 15.2 Å². The molecule has 1 unspecified atom stereocenters. The summed E-state index contributed by atoms with van der Waals surface area (Å²) in [5, 5.41) is 0. The molecule has 2 N–H and O–H groups in total. The summed E-state index contributed by atoms with van der Waals surface area (Å²) >= 11 is 0. The van der Waals surface area contributed by atoms with Crippen LogP contribution < -0.4 is 15.2 Å². The van der Waals surface area contributed by atoms with Crippen LogP contribution in [0.3, 0.4) is 0 Å². The third-order valence-electron chi connectivity index (χ3n) is 1.95. The first-order chi connectivity index (χ1) is 6.29. The minimum atomic E-state index is -0.333. The lowest BCUT2D eigenvalue weighted by Crippen LogP contribution is -2.26. The minimum absolute atomic E-state index is 0.333. The average Bonchev–Trinajstić information content (AvgIpc) is 2.17. The molecule has 1 atom stereocenters. The molecular formula is C10H11NO2. The SMILES string of the molecule is COc1ccc2c(c1)C=CC(N)O2. The third-order valence-corrected chi connectivity index (χ3v) is 1.95. The van der Waals surface area contributed by atoms with Gasteiger partial charge in [-0.05, 0) is 24.3 Å². The van der Waals surface area contributed by atoms with Gasteiger partial charge in [-0.3, -0.25) is 5.73 Å². The lowest BCUT2D eigenvalue weighted by atomic mass is 10.1. The van der Waals surface area contributed by atoms with Gasteiger partial charge < -0.3 is 9.47 Å². The molecule has 1 aliphatic heterocycles. The van der Waals surface area contributed by atoms with Crippen molar-refractivity contribution in [3.63, 3.8) is 0 Å². The van der Waals surface area contributed by atoms with E-state index in [-0.39, 0.29) is 6.23 Å². The molecule has 0 spiro atoms. The van der Waals surface area contributed by atoms with Gasteiger partial charge in [0, 0.05) is 5.56 Å². The van der Waals surface area contributed by atoms with Crippen molar-refractivity contribution in [1.29, 1.82) is 0 Å². The average molecular weight is 177 g/mol. The van der Waals surface area contributed by atoms with Gasteiger partial charge >= 0.3 is 0 Å². The number of rotatable bonds is 1. The fourth-order valence-electron chi connectivity index (χ4n) is 1.28. The summed E-state index contributed by atoms with van der Waals surface area (Å²) in [6, 6.07) is 5.62. The van der Waals surface area contributed by atoms with Crippen LogP contribution >= 0.6 is 0 Å². The molecule has 2 rings (SSSR count). The van der Waals surface area contributed by atoms with E-state index in [0.717, 1.165) is 17.1 Å². The molecule has 1 aromatic rings. The molecule has 0 bridgehead atoms. The predicted molar refractivity (Wildman–Crippen MR) is 50.6 cm³/mol. The molecule has 0 fully saturated rings. The molecule has 3 heteroatoms. The first-order valence-electron chi connectivity index (χ1n) is 4.08. The van der Waals surface area contributed by atoms with E-state index < -0.39 is 0 Å². The molecule has 13 heavy (non-hydrogen) atoms. The van der Waals surface area contributed by atoms with E-state index >= 15 is 0 Å². The Bertz CT molecular complexity index is 347. The van der Waals surface area contributed by atoms with E-state index in [9.17, 15) is 0 Å². The monoisotopic (exact) mass is 177 g/mol. The summed E-state index contributed by atoms with van der Waals surface area (Å²) in [6.07, 6.45) is 3.41. The molecule has 0 aliphatic carbocycles. The first-order valence-corrected chi connectivity index (χ1v) is 4.08. The van der Waals surface area contributed by atoms with Gasteiger partial charge in [-0.15, -0.1) is 0 Å². The van der Waals surface area contributed by atoms with Crippen molar-refractivity contribution in [2.75, 3.05) is 7.11 Å². The fraction of sp³-hybridized carbons (Fsp3) is 0.200. The van der Waals surface area contributed by atoms with Gasteiger partial charge in [0.2, 0.25) is 0 Å². The number of nitrogens with two attached hydrogens (primary N) is 1. The van der Waals surface area contributed by atoms with E-state index in [1.807, 2.05) is 30.4 Å². The van der Waals surface area contributed by atoms with Crippen LogP contribution in [0.2, 0.25) is 0 Å². The highest BCUT2D eigenvalue weighted by atomic mass is 16.5. The molecule has 1 aliphatic rings. The topological polar surface area (TPSA) is 44.5 Å². The van der Waals surface area contributed by atoms with E-state index in [0.29, 0.717) is 0 Å². The molecule has 0 aromatic heterocycles.